The molecule has 7 rings (SSSR count). The lowest BCUT2D eigenvalue weighted by Crippen LogP contribution is -1.93. The molecule has 0 saturated heterocycles. The Labute approximate surface area is 236 Å². The van der Waals surface area contributed by atoms with Gasteiger partial charge in [0.05, 0.1) is 5.69 Å². The molecule has 40 heavy (non-hydrogen) atoms. The van der Waals surface area contributed by atoms with Crippen molar-refractivity contribution in [3.63, 3.8) is 0 Å². The van der Waals surface area contributed by atoms with Gasteiger partial charge in [0.15, 0.2) is 0 Å². The summed E-state index contributed by atoms with van der Waals surface area (Å²) >= 11 is 0. The van der Waals surface area contributed by atoms with Crippen molar-refractivity contribution in [1.82, 2.24) is 4.57 Å². The third-order valence-electron chi connectivity index (χ3n) is 8.19. The normalized spacial score (nSPS) is 11.4. The molecule has 0 fully saturated rings. The van der Waals surface area contributed by atoms with Crippen LogP contribution < -0.4 is 0 Å². The predicted octanol–water partition coefficient (Wildman–Crippen LogP) is 10.6. The van der Waals surface area contributed by atoms with E-state index in [0.717, 1.165) is 0 Å². The van der Waals surface area contributed by atoms with E-state index in [4.69, 9.17) is 0 Å². The van der Waals surface area contributed by atoms with E-state index in [2.05, 4.69) is 159 Å². The lowest BCUT2D eigenvalue weighted by atomic mass is 9.91. The molecule has 0 bridgehead atoms. The van der Waals surface area contributed by atoms with E-state index in [1.54, 1.807) is 0 Å². The van der Waals surface area contributed by atoms with Gasteiger partial charge < -0.3 is 4.57 Å². The van der Waals surface area contributed by atoms with Crippen LogP contribution in [0.1, 0.15) is 11.1 Å². The smallest absolute Gasteiger partial charge is 0.0568 e. The van der Waals surface area contributed by atoms with Crippen LogP contribution in [0.2, 0.25) is 0 Å². The number of aryl methyl sites for hydroxylation is 3. The minimum atomic E-state index is 1.23. The monoisotopic (exact) mass is 513 g/mol. The van der Waals surface area contributed by atoms with Gasteiger partial charge in [-0.05, 0) is 64.1 Å². The van der Waals surface area contributed by atoms with E-state index >= 15 is 0 Å². The summed E-state index contributed by atoms with van der Waals surface area (Å²) in [5.74, 6) is 0. The number of rotatable bonds is 4. The molecule has 0 aliphatic heterocycles. The second-order valence-electron chi connectivity index (χ2n) is 10.8. The molecule has 0 spiro atoms. The third kappa shape index (κ3) is 4.03. The maximum absolute atomic E-state index is 2.37. The molecule has 1 heteroatoms. The number of aromatic nitrogens is 1. The molecule has 0 amide bonds. The number of nitrogens with zero attached hydrogens (tertiary/aromatic N) is 1. The summed E-state index contributed by atoms with van der Waals surface area (Å²) in [5, 5.41) is 3.83. The van der Waals surface area contributed by atoms with Crippen molar-refractivity contribution in [2.75, 3.05) is 0 Å². The van der Waals surface area contributed by atoms with Crippen LogP contribution in [0.15, 0.2) is 133 Å². The highest BCUT2D eigenvalue weighted by Crippen LogP contribution is 2.43. The fourth-order valence-electron chi connectivity index (χ4n) is 6.09. The highest BCUT2D eigenvalue weighted by atomic mass is 15.0. The Morgan fingerprint density at radius 2 is 0.950 bits per heavy atom. The fraction of sp³-hybridized carbons (Fsp3) is 0.0769. The van der Waals surface area contributed by atoms with Gasteiger partial charge in [-0.1, -0.05) is 139 Å². The van der Waals surface area contributed by atoms with E-state index in [-0.39, 0.29) is 0 Å². The van der Waals surface area contributed by atoms with Crippen LogP contribution in [0.4, 0.5) is 0 Å². The average molecular weight is 514 g/mol. The van der Waals surface area contributed by atoms with E-state index in [1.807, 2.05) is 0 Å². The molecule has 0 aliphatic rings. The van der Waals surface area contributed by atoms with Crippen molar-refractivity contribution < 1.29 is 0 Å². The van der Waals surface area contributed by atoms with E-state index < -0.39 is 0 Å². The van der Waals surface area contributed by atoms with Crippen LogP contribution in [-0.2, 0) is 7.05 Å². The Hall–Kier alpha value is -4.88. The van der Waals surface area contributed by atoms with Crippen molar-refractivity contribution in [2.45, 2.75) is 13.8 Å². The maximum Gasteiger partial charge on any atom is 0.0568 e. The van der Waals surface area contributed by atoms with Gasteiger partial charge in [0.2, 0.25) is 0 Å². The van der Waals surface area contributed by atoms with Crippen LogP contribution in [0, 0.1) is 13.8 Å². The van der Waals surface area contributed by atoms with Gasteiger partial charge in [-0.25, -0.2) is 0 Å². The molecule has 0 unspecified atom stereocenters. The van der Waals surface area contributed by atoms with Crippen LogP contribution >= 0.6 is 0 Å². The molecule has 0 saturated carbocycles. The Balaban J connectivity index is 1.45. The van der Waals surface area contributed by atoms with Gasteiger partial charge >= 0.3 is 0 Å². The quantitative estimate of drug-likeness (QED) is 0.221. The Kier molecular flexibility index (Phi) is 5.86. The Morgan fingerprint density at radius 3 is 1.57 bits per heavy atom. The second kappa shape index (κ2) is 9.70. The van der Waals surface area contributed by atoms with Crippen molar-refractivity contribution in [3.05, 3.63) is 145 Å². The molecule has 1 nitrogen and oxygen atoms in total. The van der Waals surface area contributed by atoms with Crippen LogP contribution in [0.25, 0.3) is 66.3 Å². The van der Waals surface area contributed by atoms with Gasteiger partial charge in [0.25, 0.3) is 0 Å². The minimum absolute atomic E-state index is 1.23. The second-order valence-corrected chi connectivity index (χ2v) is 10.8. The third-order valence-corrected chi connectivity index (χ3v) is 8.19. The number of fused-ring (bicyclic) bond motifs is 2. The fourth-order valence-corrected chi connectivity index (χ4v) is 6.09. The molecule has 0 aliphatic carbocycles. The van der Waals surface area contributed by atoms with E-state index in [9.17, 15) is 0 Å². The van der Waals surface area contributed by atoms with E-state index in [0.29, 0.717) is 0 Å². The summed E-state index contributed by atoms with van der Waals surface area (Å²) < 4.78 is 2.37. The molecule has 0 N–H and O–H groups in total. The van der Waals surface area contributed by atoms with Crippen LogP contribution in [0.5, 0.6) is 0 Å². The first-order valence-corrected chi connectivity index (χ1v) is 13.9. The van der Waals surface area contributed by atoms with Gasteiger partial charge in [-0.15, -0.1) is 0 Å². The highest BCUT2D eigenvalue weighted by molar-refractivity contribution is 6.09. The largest absolute Gasteiger partial charge is 0.343 e. The van der Waals surface area contributed by atoms with Crippen molar-refractivity contribution in [2.24, 2.45) is 7.05 Å². The van der Waals surface area contributed by atoms with Crippen LogP contribution in [-0.4, -0.2) is 4.57 Å². The topological polar surface area (TPSA) is 4.93 Å². The summed E-state index contributed by atoms with van der Waals surface area (Å²) in [6.45, 7) is 4.28. The maximum atomic E-state index is 2.37. The van der Waals surface area contributed by atoms with Crippen molar-refractivity contribution >= 4 is 21.7 Å². The minimum Gasteiger partial charge on any atom is -0.343 e. The predicted molar refractivity (Wildman–Crippen MR) is 172 cm³/mol. The van der Waals surface area contributed by atoms with Gasteiger partial charge in [-0.3, -0.25) is 0 Å². The molecule has 1 heterocycles. The molecule has 1 aromatic heterocycles. The Bertz CT molecular complexity index is 1990. The average Bonchev–Trinajstić information content (AvgIpc) is 3.29. The number of hydrogen-bond donors (Lipinski definition) is 0. The molecular formula is C39H31N. The van der Waals surface area contributed by atoms with Crippen molar-refractivity contribution in [1.29, 1.82) is 0 Å². The van der Waals surface area contributed by atoms with E-state index in [1.165, 1.54) is 77.4 Å². The zero-order chi connectivity index (χ0) is 27.2. The van der Waals surface area contributed by atoms with Gasteiger partial charge in [0.1, 0.15) is 0 Å². The molecule has 7 aromatic rings. The van der Waals surface area contributed by atoms with Gasteiger partial charge in [0, 0.05) is 23.5 Å². The van der Waals surface area contributed by atoms with Crippen molar-refractivity contribution in [3.8, 4) is 44.6 Å². The first-order valence-electron chi connectivity index (χ1n) is 13.9. The zero-order valence-corrected chi connectivity index (χ0v) is 23.1. The highest BCUT2D eigenvalue weighted by Gasteiger charge is 2.19. The first kappa shape index (κ1) is 24.2. The summed E-state index contributed by atoms with van der Waals surface area (Å²) in [6.07, 6.45) is 0. The lowest BCUT2D eigenvalue weighted by molar-refractivity contribution is 0.979. The Morgan fingerprint density at radius 1 is 0.425 bits per heavy atom. The summed E-state index contributed by atoms with van der Waals surface area (Å²) in [6, 6.07) is 48.9. The van der Waals surface area contributed by atoms with Gasteiger partial charge in [-0.2, -0.15) is 0 Å². The summed E-state index contributed by atoms with van der Waals surface area (Å²) in [5.41, 5.74) is 13.8. The molecule has 6 aromatic carbocycles. The first-order chi connectivity index (χ1) is 19.6. The molecular weight excluding hydrogens is 482 g/mol. The molecule has 0 atom stereocenters. The summed E-state index contributed by atoms with van der Waals surface area (Å²) in [7, 11) is 2.20. The zero-order valence-electron chi connectivity index (χ0n) is 23.1. The number of benzene rings is 6. The molecule has 0 radical (unpaired) electrons. The van der Waals surface area contributed by atoms with Crippen LogP contribution in [0.3, 0.4) is 0 Å². The standard InChI is InChI=1S/C39H31N/c1-26-13-17-28(18-14-26)32-23-24-33(35-12-8-7-11-34(32)35)31-21-22-36-37(25-31)40(3)39(30-9-5-4-6-10-30)38(36)29-19-15-27(2)16-20-29/h4-25H,1-3H3. The SMILES string of the molecule is Cc1ccc(-c2ccc(-c3ccc4c(-c5ccc(C)cc5)c(-c5ccccc5)n(C)c4c3)c3ccccc23)cc1. The lowest BCUT2D eigenvalue weighted by Gasteiger charge is -2.13. The molecule has 192 valence electrons. The summed E-state index contributed by atoms with van der Waals surface area (Å²) in [4.78, 5) is 0. The number of hydrogen-bond acceptors (Lipinski definition) is 0.